The Labute approximate surface area is 279 Å². The van der Waals surface area contributed by atoms with E-state index in [1.807, 2.05) is 0 Å². The third-order valence-corrected chi connectivity index (χ3v) is 9.88. The highest BCUT2D eigenvalue weighted by Crippen LogP contribution is 2.50. The summed E-state index contributed by atoms with van der Waals surface area (Å²) in [5, 5.41) is 0. The van der Waals surface area contributed by atoms with Crippen molar-refractivity contribution in [2.45, 2.75) is 100 Å². The molecule has 0 amide bonds. The van der Waals surface area contributed by atoms with E-state index in [-0.39, 0.29) is 5.41 Å². The van der Waals surface area contributed by atoms with Crippen molar-refractivity contribution in [2.75, 3.05) is 0 Å². The van der Waals surface area contributed by atoms with Gasteiger partial charge in [0.25, 0.3) is 0 Å². The Morgan fingerprint density at radius 2 is 0.957 bits per heavy atom. The van der Waals surface area contributed by atoms with E-state index >= 15 is 0 Å². The molecule has 0 heterocycles. The van der Waals surface area contributed by atoms with Gasteiger partial charge in [-0.2, -0.15) is 0 Å². The largest absolute Gasteiger partial charge is 0.0648 e. The normalized spacial score (nSPS) is 12.5. The average molecular weight is 607 g/mol. The molecule has 0 fully saturated rings. The number of benzene rings is 5. The standard InChI is InChI=1S/C46H54/c1-12-32(6)36-17-19-38(20-18-36)42-33(7)34(8)43(37-15-13-35(14-16-37)25-29(2)3)45(40-27-30(4)26-31(5)28-40)44(42)39-21-23-41(24-22-39)46(9,10)11/h13-24,26-29,32H,12,25H2,1-11H3. The van der Waals surface area contributed by atoms with Crippen LogP contribution in [0.15, 0.2) is 91.0 Å². The van der Waals surface area contributed by atoms with Crippen molar-refractivity contribution in [3.05, 3.63) is 130 Å². The minimum Gasteiger partial charge on any atom is -0.0648 e. The first-order chi connectivity index (χ1) is 21.8. The molecular weight excluding hydrogens is 553 g/mol. The maximum absolute atomic E-state index is 2.39. The fourth-order valence-corrected chi connectivity index (χ4v) is 7.05. The molecule has 0 aromatic heterocycles. The fraction of sp³-hybridized carbons (Fsp3) is 0.348. The molecule has 1 unspecified atom stereocenters. The van der Waals surface area contributed by atoms with Crippen molar-refractivity contribution in [3.8, 4) is 44.5 Å². The molecule has 1 atom stereocenters. The first-order valence-corrected chi connectivity index (χ1v) is 17.3. The molecule has 0 spiro atoms. The van der Waals surface area contributed by atoms with E-state index in [1.54, 1.807) is 0 Å². The predicted octanol–water partition coefficient (Wildman–Crippen LogP) is 13.6. The zero-order valence-electron chi connectivity index (χ0n) is 30.2. The topological polar surface area (TPSA) is 0 Å². The Balaban J connectivity index is 1.91. The molecule has 0 N–H and O–H groups in total. The first kappa shape index (κ1) is 33.5. The molecule has 0 heteroatoms. The molecule has 0 aliphatic rings. The minimum absolute atomic E-state index is 0.0930. The van der Waals surface area contributed by atoms with Gasteiger partial charge in [0.15, 0.2) is 0 Å². The van der Waals surface area contributed by atoms with Crippen LogP contribution in [-0.4, -0.2) is 0 Å². The third kappa shape index (κ3) is 6.92. The Morgan fingerprint density at radius 3 is 1.41 bits per heavy atom. The molecule has 5 aromatic rings. The van der Waals surface area contributed by atoms with Crippen LogP contribution in [0, 0.1) is 33.6 Å². The first-order valence-electron chi connectivity index (χ1n) is 17.3. The minimum atomic E-state index is 0.0930. The van der Waals surface area contributed by atoms with Crippen molar-refractivity contribution in [3.63, 3.8) is 0 Å². The van der Waals surface area contributed by atoms with Crippen LogP contribution in [0.25, 0.3) is 44.5 Å². The van der Waals surface area contributed by atoms with Crippen LogP contribution in [0.2, 0.25) is 0 Å². The SMILES string of the molecule is CCC(C)c1ccc(-c2c(C)c(C)c(-c3ccc(CC(C)C)cc3)c(-c3cc(C)cc(C)c3)c2-c2ccc(C(C)(C)C)cc2)cc1. The fourth-order valence-electron chi connectivity index (χ4n) is 7.05. The molecule has 5 aromatic carbocycles. The number of aryl methyl sites for hydroxylation is 2. The van der Waals surface area contributed by atoms with E-state index < -0.39 is 0 Å². The summed E-state index contributed by atoms with van der Waals surface area (Å²) >= 11 is 0. The molecule has 0 bridgehead atoms. The van der Waals surface area contributed by atoms with Crippen molar-refractivity contribution in [1.29, 1.82) is 0 Å². The van der Waals surface area contributed by atoms with Crippen molar-refractivity contribution < 1.29 is 0 Å². The molecule has 0 saturated carbocycles. The smallest absolute Gasteiger partial charge is 0.00175 e. The maximum Gasteiger partial charge on any atom is -0.00175 e. The van der Waals surface area contributed by atoms with Crippen LogP contribution in [-0.2, 0) is 11.8 Å². The summed E-state index contributed by atoms with van der Waals surface area (Å²) in [5.74, 6) is 1.18. The highest BCUT2D eigenvalue weighted by atomic mass is 14.3. The van der Waals surface area contributed by atoms with Gasteiger partial charge in [-0.15, -0.1) is 0 Å². The van der Waals surface area contributed by atoms with Gasteiger partial charge in [-0.1, -0.05) is 151 Å². The number of hydrogen-bond donors (Lipinski definition) is 0. The molecule has 0 saturated heterocycles. The summed E-state index contributed by atoms with van der Waals surface area (Å²) in [6.45, 7) is 25.2. The van der Waals surface area contributed by atoms with Gasteiger partial charge in [-0.3, -0.25) is 0 Å². The lowest BCUT2D eigenvalue weighted by Gasteiger charge is -2.27. The van der Waals surface area contributed by atoms with E-state index in [0.29, 0.717) is 11.8 Å². The van der Waals surface area contributed by atoms with Crippen molar-refractivity contribution in [2.24, 2.45) is 5.92 Å². The summed E-state index contributed by atoms with van der Waals surface area (Å²) < 4.78 is 0. The van der Waals surface area contributed by atoms with E-state index in [9.17, 15) is 0 Å². The molecular formula is C46H54. The van der Waals surface area contributed by atoms with Crippen LogP contribution in [0.3, 0.4) is 0 Å². The van der Waals surface area contributed by atoms with E-state index in [2.05, 4.69) is 167 Å². The maximum atomic E-state index is 2.39. The summed E-state index contributed by atoms with van der Waals surface area (Å²) in [6.07, 6.45) is 2.24. The van der Waals surface area contributed by atoms with Crippen LogP contribution in [0.5, 0.6) is 0 Å². The van der Waals surface area contributed by atoms with Gasteiger partial charge in [0.1, 0.15) is 0 Å². The second kappa shape index (κ2) is 13.4. The highest BCUT2D eigenvalue weighted by Gasteiger charge is 2.25. The van der Waals surface area contributed by atoms with E-state index in [4.69, 9.17) is 0 Å². The van der Waals surface area contributed by atoms with Gasteiger partial charge in [0.2, 0.25) is 0 Å². The quantitative estimate of drug-likeness (QED) is 0.165. The monoisotopic (exact) mass is 606 g/mol. The number of hydrogen-bond acceptors (Lipinski definition) is 0. The highest BCUT2D eigenvalue weighted by molar-refractivity contribution is 6.04. The van der Waals surface area contributed by atoms with Gasteiger partial charge in [0, 0.05) is 0 Å². The molecule has 0 nitrogen and oxygen atoms in total. The van der Waals surface area contributed by atoms with Crippen LogP contribution < -0.4 is 0 Å². The van der Waals surface area contributed by atoms with Gasteiger partial charge in [0.05, 0.1) is 0 Å². The zero-order valence-corrected chi connectivity index (χ0v) is 30.2. The zero-order chi connectivity index (χ0) is 33.3. The molecule has 5 rings (SSSR count). The Kier molecular flexibility index (Phi) is 9.78. The molecule has 0 aliphatic carbocycles. The summed E-state index contributed by atoms with van der Waals surface area (Å²) in [4.78, 5) is 0. The summed E-state index contributed by atoms with van der Waals surface area (Å²) in [6, 6.07) is 35.3. The average Bonchev–Trinajstić information content (AvgIpc) is 3.01. The second-order valence-electron chi connectivity index (χ2n) is 15.2. The lowest BCUT2D eigenvalue weighted by atomic mass is 9.76. The van der Waals surface area contributed by atoms with Gasteiger partial charge in [-0.05, 0) is 130 Å². The summed E-state index contributed by atoms with van der Waals surface area (Å²) in [7, 11) is 0. The Morgan fingerprint density at radius 1 is 0.522 bits per heavy atom. The Hall–Kier alpha value is -3.90. The third-order valence-electron chi connectivity index (χ3n) is 9.88. The lowest BCUT2D eigenvalue weighted by Crippen LogP contribution is -2.10. The van der Waals surface area contributed by atoms with Gasteiger partial charge in [-0.25, -0.2) is 0 Å². The van der Waals surface area contributed by atoms with Crippen LogP contribution in [0.1, 0.15) is 99.7 Å². The van der Waals surface area contributed by atoms with Crippen LogP contribution in [0.4, 0.5) is 0 Å². The second-order valence-corrected chi connectivity index (χ2v) is 15.2. The van der Waals surface area contributed by atoms with Gasteiger partial charge < -0.3 is 0 Å². The Bertz CT molecular complexity index is 1780. The molecule has 238 valence electrons. The predicted molar refractivity (Wildman–Crippen MR) is 203 cm³/mol. The van der Waals surface area contributed by atoms with E-state index in [1.165, 1.54) is 83.5 Å². The van der Waals surface area contributed by atoms with Crippen LogP contribution >= 0.6 is 0 Å². The molecule has 0 radical (unpaired) electrons. The van der Waals surface area contributed by atoms with Crippen molar-refractivity contribution >= 4 is 0 Å². The van der Waals surface area contributed by atoms with Crippen molar-refractivity contribution in [1.82, 2.24) is 0 Å². The summed E-state index contributed by atoms with van der Waals surface area (Å²) in [5.41, 5.74) is 20.0. The molecule has 46 heavy (non-hydrogen) atoms. The molecule has 0 aliphatic heterocycles. The lowest BCUT2D eigenvalue weighted by molar-refractivity contribution is 0.590. The van der Waals surface area contributed by atoms with Gasteiger partial charge >= 0.3 is 0 Å². The number of rotatable bonds is 8. The van der Waals surface area contributed by atoms with E-state index in [0.717, 1.165) is 12.8 Å².